The second kappa shape index (κ2) is 18.0. The molecule has 13 nitrogen and oxygen atoms in total. The largest absolute Gasteiger partial charge is 0.455 e. The summed E-state index contributed by atoms with van der Waals surface area (Å²) in [6.07, 6.45) is 3.04. The third-order valence-corrected chi connectivity index (χ3v) is 14.1. The van der Waals surface area contributed by atoms with Crippen molar-refractivity contribution in [2.75, 3.05) is 61.8 Å². The van der Waals surface area contributed by atoms with Crippen LogP contribution in [0.25, 0.3) is 16.6 Å². The number of ether oxygens (including phenoxy) is 2. The van der Waals surface area contributed by atoms with Gasteiger partial charge in [-0.2, -0.15) is 13.2 Å². The van der Waals surface area contributed by atoms with Crippen molar-refractivity contribution in [3.63, 3.8) is 0 Å². The van der Waals surface area contributed by atoms with E-state index in [4.69, 9.17) is 9.47 Å². The molecule has 5 aromatic rings. The minimum atomic E-state index is -4.41. The lowest BCUT2D eigenvalue weighted by molar-refractivity contribution is -0.384. The monoisotopic (exact) mass is 900 g/mol. The minimum absolute atomic E-state index is 0.0159. The van der Waals surface area contributed by atoms with Crippen LogP contribution < -0.4 is 15.0 Å². The summed E-state index contributed by atoms with van der Waals surface area (Å²) in [5, 5.41) is 15.8. The highest BCUT2D eigenvalue weighted by atomic mass is 32.2. The first-order chi connectivity index (χ1) is 30.4. The van der Waals surface area contributed by atoms with Crippen LogP contribution >= 0.6 is 0 Å². The predicted octanol–water partition coefficient (Wildman–Crippen LogP) is 9.62. The Morgan fingerprint density at radius 3 is 2.58 bits per heavy atom. The van der Waals surface area contributed by atoms with Crippen molar-refractivity contribution in [2.45, 2.75) is 70.1 Å². The van der Waals surface area contributed by atoms with E-state index in [0.717, 1.165) is 60.4 Å². The maximum Gasteiger partial charge on any atom is 0.416 e. The number of nitro benzene ring substituents is 1. The molecule has 0 saturated carbocycles. The van der Waals surface area contributed by atoms with Crippen LogP contribution in [0.15, 0.2) is 89.6 Å². The first kappa shape index (κ1) is 44.8. The molecule has 0 amide bonds. The number of aromatic amines is 1. The number of ketones is 1. The number of rotatable bonds is 14. The Kier molecular flexibility index (Phi) is 12.6. The molecule has 0 spiro atoms. The number of pyridine rings is 1. The number of H-pyrrole nitrogens is 1. The number of halogens is 3. The van der Waals surface area contributed by atoms with Gasteiger partial charge >= 0.3 is 6.18 Å². The molecule has 17 heteroatoms. The summed E-state index contributed by atoms with van der Waals surface area (Å²) < 4.78 is 80.0. The Morgan fingerprint density at radius 2 is 1.86 bits per heavy atom. The molecule has 2 fully saturated rings. The number of benzene rings is 3. The number of Topliss-reactive ketones (excluding diaryl/α,β-unsaturated/α-hetero) is 1. The Labute approximate surface area is 369 Å². The van der Waals surface area contributed by atoms with Crippen LogP contribution in [-0.4, -0.2) is 91.7 Å². The molecule has 3 aliphatic rings. The van der Waals surface area contributed by atoms with Gasteiger partial charge < -0.3 is 24.7 Å². The predicted molar refractivity (Wildman–Crippen MR) is 239 cm³/mol. The first-order valence-corrected chi connectivity index (χ1v) is 23.1. The average molecular weight is 901 g/mol. The van der Waals surface area contributed by atoms with Gasteiger partial charge in [-0.1, -0.05) is 25.5 Å². The molecule has 338 valence electrons. The minimum Gasteiger partial charge on any atom is -0.455 e. The van der Waals surface area contributed by atoms with E-state index in [-0.39, 0.29) is 33.4 Å². The zero-order chi connectivity index (χ0) is 45.4. The van der Waals surface area contributed by atoms with Gasteiger partial charge in [0.25, 0.3) is 5.69 Å². The zero-order valence-electron chi connectivity index (χ0n) is 36.0. The number of sulfone groups is 1. The summed E-state index contributed by atoms with van der Waals surface area (Å²) >= 11 is 0. The van der Waals surface area contributed by atoms with E-state index in [9.17, 15) is 36.5 Å². The lowest BCUT2D eigenvalue weighted by atomic mass is 9.72. The third-order valence-electron chi connectivity index (χ3n) is 12.5. The number of allylic oxidation sites excluding steroid dienone is 1. The molecule has 8 rings (SSSR count). The van der Waals surface area contributed by atoms with Crippen molar-refractivity contribution in [3.8, 4) is 11.5 Å². The molecule has 2 N–H and O–H groups in total. The van der Waals surface area contributed by atoms with Crippen LogP contribution in [0.2, 0.25) is 0 Å². The van der Waals surface area contributed by atoms with Gasteiger partial charge in [0.1, 0.15) is 28.6 Å². The quantitative estimate of drug-likeness (QED) is 0.0621. The molecular formula is C47H51F3N6O7S. The van der Waals surface area contributed by atoms with E-state index in [1.807, 2.05) is 6.07 Å². The number of aromatic nitrogens is 2. The number of piperazine rings is 1. The highest BCUT2D eigenvalue weighted by Gasteiger charge is 2.34. The molecule has 2 aliphatic heterocycles. The number of hydrogen-bond acceptors (Lipinski definition) is 11. The molecule has 2 aromatic heterocycles. The van der Waals surface area contributed by atoms with Gasteiger partial charge in [-0.05, 0) is 110 Å². The molecule has 3 aromatic carbocycles. The molecule has 2 saturated heterocycles. The van der Waals surface area contributed by atoms with Crippen LogP contribution in [0, 0.1) is 22.5 Å². The first-order valence-electron chi connectivity index (χ1n) is 21.4. The summed E-state index contributed by atoms with van der Waals surface area (Å²) in [6.45, 7) is 10.4. The SMILES string of the molecule is Cc1cc(C(F)(F)F)ccc1C1=C(CN2CCN(c3ccc(C(=O)CS(=O)(=O)c4ccc(NC[C@@H]5CCCO5)c([N+](=O)[O-])c4)c(Oc4cnc5[nH]ccc5c4)c3)CC2)CCC(C)(C)C1. The van der Waals surface area contributed by atoms with Gasteiger partial charge in [-0.25, -0.2) is 13.4 Å². The van der Waals surface area contributed by atoms with Crippen molar-refractivity contribution >= 4 is 49.3 Å². The van der Waals surface area contributed by atoms with E-state index in [2.05, 4.69) is 38.9 Å². The summed E-state index contributed by atoms with van der Waals surface area (Å²) in [5.74, 6) is -1.26. The van der Waals surface area contributed by atoms with E-state index in [0.29, 0.717) is 62.8 Å². The topological polar surface area (TPSA) is 160 Å². The Bertz CT molecular complexity index is 2720. The Morgan fingerprint density at radius 1 is 1.06 bits per heavy atom. The van der Waals surface area contributed by atoms with E-state index < -0.39 is 43.7 Å². The standard InChI is InChI=1S/C47H51F3N6O7S/c1-30-21-33(47(48,49)50)6-9-38(30)40-25-46(2,3)14-12-32(40)28-54-16-18-55(19-17-54)34-7-10-39(44(23-34)63-36-22-31-13-15-51-45(31)53-27-36)43(57)29-64(60,61)37-8-11-41(42(24-37)56(58)59)52-26-35-5-4-20-62-35/h6-11,13,15,21-24,27,35,52H,4-5,12,14,16-20,25-26,28-29H2,1-3H3,(H,51,53)/t35-/m0/s1. The molecule has 64 heavy (non-hydrogen) atoms. The van der Waals surface area contributed by atoms with Crippen molar-refractivity contribution < 1.29 is 40.8 Å². The molecular weight excluding hydrogens is 850 g/mol. The van der Waals surface area contributed by atoms with Gasteiger partial charge in [-0.3, -0.25) is 19.8 Å². The molecule has 1 atom stereocenters. The second-order valence-electron chi connectivity index (χ2n) is 17.7. The third kappa shape index (κ3) is 10.1. The van der Waals surface area contributed by atoms with Crippen molar-refractivity contribution in [1.82, 2.24) is 14.9 Å². The molecule has 1 aliphatic carbocycles. The number of nitro groups is 1. The molecule has 0 bridgehead atoms. The van der Waals surface area contributed by atoms with E-state index >= 15 is 0 Å². The van der Waals surface area contributed by atoms with E-state index in [1.165, 1.54) is 36.0 Å². The highest BCUT2D eigenvalue weighted by Crippen LogP contribution is 2.45. The van der Waals surface area contributed by atoms with Crippen molar-refractivity contribution in [3.05, 3.63) is 117 Å². The molecule has 4 heterocycles. The smallest absolute Gasteiger partial charge is 0.416 e. The number of nitrogens with one attached hydrogen (secondary N) is 2. The number of carbonyl (C=O) groups excluding carboxylic acids is 1. The number of nitrogens with zero attached hydrogens (tertiary/aromatic N) is 4. The maximum absolute atomic E-state index is 14.0. The fourth-order valence-corrected chi connectivity index (χ4v) is 10.1. The Hall–Kier alpha value is -5.78. The number of carbonyl (C=O) groups is 1. The van der Waals surface area contributed by atoms with Gasteiger partial charge in [0.05, 0.1) is 33.2 Å². The molecule has 0 radical (unpaired) electrons. The van der Waals surface area contributed by atoms with E-state index in [1.54, 1.807) is 43.5 Å². The zero-order valence-corrected chi connectivity index (χ0v) is 36.8. The van der Waals surface area contributed by atoms with Gasteiger partial charge in [0.15, 0.2) is 15.6 Å². The lowest BCUT2D eigenvalue weighted by Gasteiger charge is -2.39. The van der Waals surface area contributed by atoms with Crippen molar-refractivity contribution in [1.29, 1.82) is 0 Å². The van der Waals surface area contributed by atoms with Crippen LogP contribution in [0.4, 0.5) is 30.2 Å². The van der Waals surface area contributed by atoms with Crippen molar-refractivity contribution in [2.24, 2.45) is 5.41 Å². The number of aryl methyl sites for hydroxylation is 1. The highest BCUT2D eigenvalue weighted by molar-refractivity contribution is 7.92. The number of alkyl halides is 3. The van der Waals surface area contributed by atoms with Gasteiger partial charge in [0, 0.05) is 75.3 Å². The van der Waals surface area contributed by atoms with Crippen LogP contribution in [0.5, 0.6) is 11.5 Å². The van der Waals surface area contributed by atoms with Crippen LogP contribution in [-0.2, 0) is 20.8 Å². The summed E-state index contributed by atoms with van der Waals surface area (Å²) in [5.41, 5.74) is 4.35. The number of anilines is 2. The normalized spacial score (nSPS) is 18.4. The number of hydrogen-bond donors (Lipinski definition) is 2. The Balaban J connectivity index is 1.01. The van der Waals surface area contributed by atoms with Crippen LogP contribution in [0.1, 0.15) is 73.0 Å². The maximum atomic E-state index is 14.0. The summed E-state index contributed by atoms with van der Waals surface area (Å²) in [4.78, 5) is 37.0. The van der Waals surface area contributed by atoms with Gasteiger partial charge in [-0.15, -0.1) is 0 Å². The molecule has 0 unspecified atom stereocenters. The average Bonchev–Trinajstić information content (AvgIpc) is 3.96. The lowest BCUT2D eigenvalue weighted by Crippen LogP contribution is -2.47. The fraction of sp³-hybridized carbons (Fsp3) is 0.404. The summed E-state index contributed by atoms with van der Waals surface area (Å²) in [6, 6.07) is 16.2. The summed E-state index contributed by atoms with van der Waals surface area (Å²) in [7, 11) is -4.35. The number of fused-ring (bicyclic) bond motifs is 1. The fourth-order valence-electron chi connectivity index (χ4n) is 8.90. The van der Waals surface area contributed by atoms with Gasteiger partial charge in [0.2, 0.25) is 0 Å². The van der Waals surface area contributed by atoms with Crippen LogP contribution in [0.3, 0.4) is 0 Å². The second-order valence-corrected chi connectivity index (χ2v) is 19.7.